The van der Waals surface area contributed by atoms with Crippen molar-refractivity contribution in [3.8, 4) is 11.4 Å². The smallest absolute Gasteiger partial charge is 0.251 e. The van der Waals surface area contributed by atoms with Gasteiger partial charge in [0.05, 0.1) is 12.5 Å². The molecule has 1 N–H and O–H groups in total. The van der Waals surface area contributed by atoms with Crippen LogP contribution in [0.1, 0.15) is 22.2 Å². The van der Waals surface area contributed by atoms with E-state index in [9.17, 15) is 9.59 Å². The lowest BCUT2D eigenvalue weighted by atomic mass is 10.00. The van der Waals surface area contributed by atoms with Crippen LogP contribution >= 0.6 is 0 Å². The van der Waals surface area contributed by atoms with Gasteiger partial charge in [0.2, 0.25) is 17.6 Å². The highest BCUT2D eigenvalue weighted by Gasteiger charge is 2.35. The van der Waals surface area contributed by atoms with Gasteiger partial charge in [-0.15, -0.1) is 0 Å². The van der Waals surface area contributed by atoms with E-state index in [1.54, 1.807) is 53.7 Å². The van der Waals surface area contributed by atoms with Crippen LogP contribution in [-0.4, -0.2) is 51.5 Å². The Morgan fingerprint density at radius 2 is 1.85 bits per heavy atom. The largest absolute Gasteiger partial charge is 0.343 e. The quantitative estimate of drug-likeness (QED) is 0.737. The van der Waals surface area contributed by atoms with Gasteiger partial charge < -0.3 is 14.7 Å². The number of carbonyl (C=O) groups is 2. The molecule has 8 nitrogen and oxygen atoms in total. The van der Waals surface area contributed by atoms with E-state index in [4.69, 9.17) is 4.52 Å². The van der Waals surface area contributed by atoms with Gasteiger partial charge in [-0.3, -0.25) is 14.6 Å². The minimum Gasteiger partial charge on any atom is -0.343 e. The summed E-state index contributed by atoms with van der Waals surface area (Å²) in [4.78, 5) is 34.2. The van der Waals surface area contributed by atoms with E-state index in [-0.39, 0.29) is 24.3 Å². The Morgan fingerprint density at radius 1 is 1.11 bits per heavy atom. The third-order valence-corrected chi connectivity index (χ3v) is 4.40. The van der Waals surface area contributed by atoms with Gasteiger partial charge in [0.25, 0.3) is 5.91 Å². The summed E-state index contributed by atoms with van der Waals surface area (Å²) in [5.41, 5.74) is 1.36. The van der Waals surface area contributed by atoms with Crippen LogP contribution in [0.4, 0.5) is 0 Å². The SMILES string of the molecule is O=C(NCC(=O)N1CC(c2nc(-c3ccncc3)no2)C1)c1ccccc1. The number of aromatic nitrogens is 3. The first-order valence-corrected chi connectivity index (χ1v) is 8.56. The minimum atomic E-state index is -0.264. The van der Waals surface area contributed by atoms with Crippen LogP contribution < -0.4 is 5.32 Å². The Balaban J connectivity index is 1.27. The van der Waals surface area contributed by atoms with Crippen LogP contribution in [0.25, 0.3) is 11.4 Å². The molecule has 3 heterocycles. The number of amides is 2. The molecule has 1 aromatic carbocycles. The van der Waals surface area contributed by atoms with Crippen LogP contribution in [0.15, 0.2) is 59.4 Å². The fraction of sp³-hybridized carbons (Fsp3) is 0.211. The molecule has 1 fully saturated rings. The molecule has 0 spiro atoms. The van der Waals surface area contributed by atoms with Gasteiger partial charge in [-0.1, -0.05) is 23.4 Å². The Bertz CT molecular complexity index is 936. The highest BCUT2D eigenvalue weighted by atomic mass is 16.5. The number of carbonyl (C=O) groups excluding carboxylic acids is 2. The molecule has 1 aliphatic heterocycles. The van der Waals surface area contributed by atoms with E-state index in [1.165, 1.54) is 0 Å². The average Bonchev–Trinajstić information content (AvgIpc) is 3.16. The fourth-order valence-corrected chi connectivity index (χ4v) is 2.82. The monoisotopic (exact) mass is 363 g/mol. The molecule has 2 amide bonds. The first-order chi connectivity index (χ1) is 13.2. The third-order valence-electron chi connectivity index (χ3n) is 4.40. The number of nitrogens with one attached hydrogen (secondary N) is 1. The van der Waals surface area contributed by atoms with Crippen LogP contribution in [0, 0.1) is 0 Å². The Morgan fingerprint density at radius 3 is 2.59 bits per heavy atom. The zero-order valence-corrected chi connectivity index (χ0v) is 14.4. The maximum absolute atomic E-state index is 12.2. The number of nitrogens with zero attached hydrogens (tertiary/aromatic N) is 4. The molecule has 8 heteroatoms. The van der Waals surface area contributed by atoms with Crippen LogP contribution in [-0.2, 0) is 4.79 Å². The van der Waals surface area contributed by atoms with E-state index >= 15 is 0 Å². The van der Waals surface area contributed by atoms with Crippen molar-refractivity contribution in [3.05, 3.63) is 66.3 Å². The second-order valence-corrected chi connectivity index (χ2v) is 6.24. The van der Waals surface area contributed by atoms with Gasteiger partial charge in [0.15, 0.2) is 0 Å². The molecule has 2 aromatic heterocycles. The third kappa shape index (κ3) is 3.69. The summed E-state index contributed by atoms with van der Waals surface area (Å²) in [7, 11) is 0. The number of likely N-dealkylation sites (tertiary alicyclic amines) is 1. The predicted octanol–water partition coefficient (Wildman–Crippen LogP) is 1.49. The summed E-state index contributed by atoms with van der Waals surface area (Å²) in [6.45, 7) is 0.961. The number of hydrogen-bond donors (Lipinski definition) is 1. The van der Waals surface area contributed by atoms with Gasteiger partial charge in [-0.2, -0.15) is 4.98 Å². The summed E-state index contributed by atoms with van der Waals surface area (Å²) in [6, 6.07) is 12.4. The van der Waals surface area contributed by atoms with Gasteiger partial charge >= 0.3 is 0 Å². The van der Waals surface area contributed by atoms with E-state index < -0.39 is 0 Å². The van der Waals surface area contributed by atoms with E-state index in [1.807, 2.05) is 6.07 Å². The van der Waals surface area contributed by atoms with Crippen molar-refractivity contribution < 1.29 is 14.1 Å². The lowest BCUT2D eigenvalue weighted by Crippen LogP contribution is -2.51. The molecule has 0 radical (unpaired) electrons. The van der Waals surface area contributed by atoms with Crippen molar-refractivity contribution >= 4 is 11.8 Å². The molecule has 27 heavy (non-hydrogen) atoms. The van der Waals surface area contributed by atoms with E-state index in [0.29, 0.717) is 30.4 Å². The minimum absolute atomic E-state index is 0.0156. The maximum atomic E-state index is 12.2. The first kappa shape index (κ1) is 16.9. The summed E-state index contributed by atoms with van der Waals surface area (Å²) in [6.07, 6.45) is 3.33. The van der Waals surface area contributed by atoms with E-state index in [0.717, 1.165) is 5.56 Å². The second kappa shape index (κ2) is 7.36. The van der Waals surface area contributed by atoms with Crippen LogP contribution in [0.3, 0.4) is 0 Å². The maximum Gasteiger partial charge on any atom is 0.251 e. The molecular formula is C19H17N5O3. The molecule has 0 saturated carbocycles. The molecule has 0 unspecified atom stereocenters. The highest BCUT2D eigenvalue weighted by molar-refractivity contribution is 5.96. The molecule has 136 valence electrons. The number of rotatable bonds is 5. The van der Waals surface area contributed by atoms with E-state index in [2.05, 4.69) is 20.4 Å². The van der Waals surface area contributed by atoms with Crippen molar-refractivity contribution in [1.82, 2.24) is 25.3 Å². The molecule has 1 saturated heterocycles. The molecular weight excluding hydrogens is 346 g/mol. The normalized spacial score (nSPS) is 13.9. The Kier molecular flexibility index (Phi) is 4.61. The summed E-state index contributed by atoms with van der Waals surface area (Å²) in [5.74, 6) is 0.637. The number of benzene rings is 1. The Hall–Kier alpha value is -3.55. The van der Waals surface area contributed by atoms with Gasteiger partial charge in [0, 0.05) is 36.6 Å². The molecule has 4 rings (SSSR count). The molecule has 3 aromatic rings. The number of pyridine rings is 1. The lowest BCUT2D eigenvalue weighted by molar-refractivity contribution is -0.134. The van der Waals surface area contributed by atoms with Crippen LogP contribution in [0.2, 0.25) is 0 Å². The lowest BCUT2D eigenvalue weighted by Gasteiger charge is -2.37. The average molecular weight is 363 g/mol. The predicted molar refractivity (Wildman–Crippen MR) is 95.6 cm³/mol. The second-order valence-electron chi connectivity index (χ2n) is 6.24. The van der Waals surface area contributed by atoms with Crippen molar-refractivity contribution in [2.45, 2.75) is 5.92 Å². The number of hydrogen-bond acceptors (Lipinski definition) is 6. The topological polar surface area (TPSA) is 101 Å². The standard InChI is InChI=1S/C19H17N5O3/c25-16(10-21-18(26)14-4-2-1-3-5-14)24-11-15(12-24)19-22-17(23-27-19)13-6-8-20-9-7-13/h1-9,15H,10-12H2,(H,21,26). The summed E-state index contributed by atoms with van der Waals surface area (Å²) < 4.78 is 5.32. The molecule has 0 aliphatic carbocycles. The Labute approximate surface area is 155 Å². The molecule has 1 aliphatic rings. The molecule has 0 atom stereocenters. The van der Waals surface area contributed by atoms with Gasteiger partial charge in [-0.25, -0.2) is 0 Å². The first-order valence-electron chi connectivity index (χ1n) is 8.56. The van der Waals surface area contributed by atoms with Gasteiger partial charge in [0.1, 0.15) is 0 Å². The zero-order valence-electron chi connectivity index (χ0n) is 14.4. The van der Waals surface area contributed by atoms with Crippen molar-refractivity contribution in [2.24, 2.45) is 0 Å². The zero-order chi connectivity index (χ0) is 18.6. The van der Waals surface area contributed by atoms with Crippen molar-refractivity contribution in [1.29, 1.82) is 0 Å². The summed E-state index contributed by atoms with van der Waals surface area (Å²) in [5, 5.41) is 6.62. The highest BCUT2D eigenvalue weighted by Crippen LogP contribution is 2.27. The summed E-state index contributed by atoms with van der Waals surface area (Å²) >= 11 is 0. The molecule has 0 bridgehead atoms. The van der Waals surface area contributed by atoms with Crippen LogP contribution in [0.5, 0.6) is 0 Å². The fourth-order valence-electron chi connectivity index (χ4n) is 2.82. The van der Waals surface area contributed by atoms with Crippen molar-refractivity contribution in [2.75, 3.05) is 19.6 Å². The van der Waals surface area contributed by atoms with Gasteiger partial charge in [-0.05, 0) is 24.3 Å². The van der Waals surface area contributed by atoms with Crippen molar-refractivity contribution in [3.63, 3.8) is 0 Å².